The highest BCUT2D eigenvalue weighted by Crippen LogP contribution is 2.35. The molecule has 160 valence electrons. The van der Waals surface area contributed by atoms with E-state index in [4.69, 9.17) is 10.5 Å². The van der Waals surface area contributed by atoms with E-state index >= 15 is 0 Å². The van der Waals surface area contributed by atoms with Crippen LogP contribution in [0.2, 0.25) is 0 Å². The lowest BCUT2D eigenvalue weighted by molar-refractivity contribution is -0.383. The lowest BCUT2D eigenvalue weighted by atomic mass is 9.98. The molecule has 3 aromatic rings. The van der Waals surface area contributed by atoms with Crippen LogP contribution in [0, 0.1) is 32.8 Å². The maximum absolute atomic E-state index is 12.1. The molecule has 0 saturated heterocycles. The van der Waals surface area contributed by atoms with E-state index in [1.54, 1.807) is 4.90 Å². The number of nitro groups is 1. The van der Waals surface area contributed by atoms with Gasteiger partial charge in [0.2, 0.25) is 11.6 Å². The van der Waals surface area contributed by atoms with Crippen LogP contribution < -0.4 is 10.2 Å². The van der Waals surface area contributed by atoms with Gasteiger partial charge in [0.25, 0.3) is 0 Å². The molecule has 0 aliphatic rings. The summed E-state index contributed by atoms with van der Waals surface area (Å²) in [5.74, 6) is 0.148. The summed E-state index contributed by atoms with van der Waals surface area (Å²) in [4.78, 5) is 21.4. The van der Waals surface area contributed by atoms with E-state index in [9.17, 15) is 10.1 Å². The number of hydrogen-bond acceptors (Lipinski definition) is 8. The number of hydrogen-bond donors (Lipinski definition) is 1. The fraction of sp³-hybridized carbons (Fsp3) is 0.217. The van der Waals surface area contributed by atoms with Gasteiger partial charge in [0.1, 0.15) is 6.33 Å². The molecule has 0 aliphatic heterocycles. The molecule has 0 aliphatic carbocycles. The number of benzene rings is 2. The molecule has 0 bridgehead atoms. The Hall–Kier alpha value is -4.50. The van der Waals surface area contributed by atoms with Gasteiger partial charge in [-0.3, -0.25) is 10.1 Å². The van der Waals surface area contributed by atoms with E-state index in [0.717, 1.165) is 11.1 Å². The molecule has 1 N–H and O–H groups in total. The molecule has 0 fully saturated rings. The Morgan fingerprint density at radius 3 is 1.94 bits per heavy atom. The van der Waals surface area contributed by atoms with Crippen LogP contribution in [-0.4, -0.2) is 28.0 Å². The third kappa shape index (κ3) is 5.35. The van der Waals surface area contributed by atoms with E-state index in [1.807, 2.05) is 72.8 Å². The van der Waals surface area contributed by atoms with Gasteiger partial charge in [0, 0.05) is 13.1 Å². The number of nitriles is 2. The molecule has 9 nitrogen and oxygen atoms in total. The third-order valence-corrected chi connectivity index (χ3v) is 4.82. The van der Waals surface area contributed by atoms with Crippen molar-refractivity contribution >= 4 is 17.3 Å². The number of aromatic nitrogens is 2. The van der Waals surface area contributed by atoms with E-state index < -0.39 is 4.92 Å². The molecule has 1 aromatic heterocycles. The summed E-state index contributed by atoms with van der Waals surface area (Å²) in [6.45, 7) is 0.437. The van der Waals surface area contributed by atoms with Crippen molar-refractivity contribution in [1.82, 2.24) is 9.97 Å². The Balaban J connectivity index is 2.06. The van der Waals surface area contributed by atoms with Crippen molar-refractivity contribution in [3.63, 3.8) is 0 Å². The molecule has 1 heterocycles. The number of rotatable bonds is 10. The van der Waals surface area contributed by atoms with Crippen LogP contribution >= 0.6 is 0 Å². The van der Waals surface area contributed by atoms with Gasteiger partial charge in [-0.15, -0.1) is 0 Å². The predicted molar refractivity (Wildman–Crippen MR) is 120 cm³/mol. The van der Waals surface area contributed by atoms with Crippen LogP contribution in [0.25, 0.3) is 0 Å². The van der Waals surface area contributed by atoms with Crippen LogP contribution in [0.1, 0.15) is 30.0 Å². The van der Waals surface area contributed by atoms with Gasteiger partial charge in [-0.05, 0) is 11.1 Å². The second-order valence-corrected chi connectivity index (χ2v) is 6.85. The van der Waals surface area contributed by atoms with Crippen molar-refractivity contribution in [2.24, 2.45) is 0 Å². The minimum Gasteiger partial charge on any atom is -0.353 e. The summed E-state index contributed by atoms with van der Waals surface area (Å²) >= 11 is 0. The lowest BCUT2D eigenvalue weighted by Gasteiger charge is -2.24. The predicted octanol–water partition coefficient (Wildman–Crippen LogP) is 4.22. The Kier molecular flexibility index (Phi) is 7.66. The standard InChI is InChI=1S/C23H21N7O2/c24-13-7-15-29(16-8-14-25)23-21(30(31)32)22(26-17-27-23)28-20(18-9-3-1-4-10-18)19-11-5-2-6-12-19/h1-6,9-12,17,20H,7-8,15-16H2,(H,26,27,28). The Labute approximate surface area is 185 Å². The van der Waals surface area contributed by atoms with Crippen molar-refractivity contribution < 1.29 is 4.92 Å². The van der Waals surface area contributed by atoms with Gasteiger partial charge in [0.05, 0.1) is 35.9 Å². The van der Waals surface area contributed by atoms with Crippen LogP contribution in [-0.2, 0) is 0 Å². The van der Waals surface area contributed by atoms with E-state index in [1.165, 1.54) is 6.33 Å². The smallest absolute Gasteiger partial charge is 0.353 e. The summed E-state index contributed by atoms with van der Waals surface area (Å²) < 4.78 is 0. The number of nitrogens with one attached hydrogen (secondary N) is 1. The second kappa shape index (κ2) is 11.0. The highest BCUT2D eigenvalue weighted by molar-refractivity contribution is 5.71. The summed E-state index contributed by atoms with van der Waals surface area (Å²) in [5.41, 5.74) is 1.54. The van der Waals surface area contributed by atoms with Crippen molar-refractivity contribution in [2.75, 3.05) is 23.3 Å². The van der Waals surface area contributed by atoms with Crippen LogP contribution in [0.5, 0.6) is 0 Å². The molecule has 3 rings (SSSR count). The van der Waals surface area contributed by atoms with Gasteiger partial charge < -0.3 is 10.2 Å². The molecular formula is C23H21N7O2. The van der Waals surface area contributed by atoms with E-state index in [2.05, 4.69) is 15.3 Å². The fourth-order valence-corrected chi connectivity index (χ4v) is 3.35. The molecular weight excluding hydrogens is 406 g/mol. The van der Waals surface area contributed by atoms with E-state index in [-0.39, 0.29) is 49.3 Å². The lowest BCUT2D eigenvalue weighted by Crippen LogP contribution is -2.28. The van der Waals surface area contributed by atoms with Crippen molar-refractivity contribution in [3.8, 4) is 12.1 Å². The minimum atomic E-state index is -0.531. The zero-order valence-corrected chi connectivity index (χ0v) is 17.3. The van der Waals surface area contributed by atoms with Gasteiger partial charge in [-0.2, -0.15) is 10.5 Å². The summed E-state index contributed by atoms with van der Waals surface area (Å²) in [6.07, 6.45) is 1.54. The van der Waals surface area contributed by atoms with Crippen LogP contribution in [0.3, 0.4) is 0 Å². The Morgan fingerprint density at radius 2 is 1.47 bits per heavy atom. The molecule has 2 aromatic carbocycles. The number of nitrogens with zero attached hydrogens (tertiary/aromatic N) is 6. The molecule has 0 radical (unpaired) electrons. The zero-order chi connectivity index (χ0) is 22.8. The van der Waals surface area contributed by atoms with Crippen molar-refractivity contribution in [1.29, 1.82) is 10.5 Å². The maximum atomic E-state index is 12.1. The van der Waals surface area contributed by atoms with Crippen LogP contribution in [0.15, 0.2) is 67.0 Å². The highest BCUT2D eigenvalue weighted by Gasteiger charge is 2.29. The minimum absolute atomic E-state index is 0.0663. The van der Waals surface area contributed by atoms with Gasteiger partial charge >= 0.3 is 5.69 Å². The first kappa shape index (κ1) is 22.2. The van der Waals surface area contributed by atoms with Crippen molar-refractivity contribution in [3.05, 3.63) is 88.2 Å². The third-order valence-electron chi connectivity index (χ3n) is 4.82. The monoisotopic (exact) mass is 427 g/mol. The molecule has 0 atom stereocenters. The summed E-state index contributed by atoms with van der Waals surface area (Å²) in [7, 11) is 0. The van der Waals surface area contributed by atoms with Crippen molar-refractivity contribution in [2.45, 2.75) is 18.9 Å². The molecule has 32 heavy (non-hydrogen) atoms. The zero-order valence-electron chi connectivity index (χ0n) is 17.3. The van der Waals surface area contributed by atoms with Gasteiger partial charge in [-0.25, -0.2) is 9.97 Å². The Bertz CT molecular complexity index is 1070. The second-order valence-electron chi connectivity index (χ2n) is 6.85. The SMILES string of the molecule is N#CCCN(CCC#N)c1ncnc(NC(c2ccccc2)c2ccccc2)c1[N+](=O)[O-]. The summed E-state index contributed by atoms with van der Waals surface area (Å²) in [5, 5.41) is 33.2. The first-order valence-electron chi connectivity index (χ1n) is 10.0. The largest absolute Gasteiger partial charge is 0.353 e. The fourth-order valence-electron chi connectivity index (χ4n) is 3.35. The molecule has 0 saturated carbocycles. The highest BCUT2D eigenvalue weighted by atomic mass is 16.6. The Morgan fingerprint density at radius 1 is 0.938 bits per heavy atom. The average molecular weight is 427 g/mol. The molecule has 0 amide bonds. The normalized spacial score (nSPS) is 10.2. The van der Waals surface area contributed by atoms with Gasteiger partial charge in [-0.1, -0.05) is 60.7 Å². The topological polar surface area (TPSA) is 132 Å². The van der Waals surface area contributed by atoms with E-state index in [0.29, 0.717) is 0 Å². The number of anilines is 2. The molecule has 0 unspecified atom stereocenters. The first-order chi connectivity index (χ1) is 15.7. The maximum Gasteiger partial charge on any atom is 0.353 e. The quantitative estimate of drug-likeness (QED) is 0.376. The average Bonchev–Trinajstić information content (AvgIpc) is 2.83. The summed E-state index contributed by atoms with van der Waals surface area (Å²) in [6, 6.07) is 22.8. The molecule has 0 spiro atoms. The van der Waals surface area contributed by atoms with Gasteiger partial charge in [0.15, 0.2) is 0 Å². The first-order valence-corrected chi connectivity index (χ1v) is 10.0. The molecule has 9 heteroatoms. The van der Waals surface area contributed by atoms with Crippen LogP contribution in [0.4, 0.5) is 17.3 Å².